The quantitative estimate of drug-likeness (QED) is 0.866. The Kier molecular flexibility index (Phi) is 4.00. The molecule has 2 aromatic rings. The number of hydrogen-bond acceptors (Lipinski definition) is 2. The highest BCUT2D eigenvalue weighted by molar-refractivity contribution is 5.92. The van der Waals surface area contributed by atoms with E-state index in [2.05, 4.69) is 57.1 Å². The lowest BCUT2D eigenvalue weighted by Crippen LogP contribution is -2.30. The third kappa shape index (κ3) is 3.03. The number of amides is 1. The lowest BCUT2D eigenvalue weighted by atomic mass is 9.78. The average Bonchev–Trinajstić information content (AvgIpc) is 3.12. The first-order valence-corrected chi connectivity index (χ1v) is 8.28. The molecule has 3 rings (SSSR count). The Morgan fingerprint density at radius 1 is 1.22 bits per heavy atom. The van der Waals surface area contributed by atoms with Crippen molar-refractivity contribution < 1.29 is 4.79 Å². The number of benzene rings is 1. The van der Waals surface area contributed by atoms with Gasteiger partial charge in [-0.25, -0.2) is 0 Å². The Labute approximate surface area is 138 Å². The fourth-order valence-corrected chi connectivity index (χ4v) is 3.43. The predicted molar refractivity (Wildman–Crippen MR) is 91.5 cm³/mol. The van der Waals surface area contributed by atoms with Crippen LogP contribution in [-0.4, -0.2) is 33.7 Å². The van der Waals surface area contributed by atoms with E-state index in [9.17, 15) is 4.79 Å². The number of aromatic nitrogens is 2. The molecule has 1 atom stereocenters. The second kappa shape index (κ2) is 5.84. The molecule has 0 unspecified atom stereocenters. The van der Waals surface area contributed by atoms with Gasteiger partial charge in [-0.05, 0) is 30.9 Å². The van der Waals surface area contributed by atoms with Gasteiger partial charge in [-0.1, -0.05) is 44.2 Å². The van der Waals surface area contributed by atoms with Gasteiger partial charge in [0.1, 0.15) is 5.69 Å². The predicted octanol–water partition coefficient (Wildman–Crippen LogP) is 3.73. The van der Waals surface area contributed by atoms with E-state index < -0.39 is 0 Å². The molecule has 4 nitrogen and oxygen atoms in total. The molecule has 0 aliphatic carbocycles. The minimum absolute atomic E-state index is 0.0379. The zero-order chi connectivity index (χ0) is 16.6. The summed E-state index contributed by atoms with van der Waals surface area (Å²) in [5.41, 5.74) is 1.92. The van der Waals surface area contributed by atoms with Crippen molar-refractivity contribution >= 4 is 5.91 Å². The third-order valence-corrected chi connectivity index (χ3v) is 4.79. The maximum absolute atomic E-state index is 12.8. The van der Waals surface area contributed by atoms with Crippen LogP contribution in [0.25, 0.3) is 0 Å². The van der Waals surface area contributed by atoms with Crippen molar-refractivity contribution in [1.82, 2.24) is 14.7 Å². The molecule has 1 aromatic heterocycles. The number of hydrogen-bond donors (Lipinski definition) is 0. The van der Waals surface area contributed by atoms with Crippen LogP contribution >= 0.6 is 0 Å². The van der Waals surface area contributed by atoms with Crippen LogP contribution in [0.15, 0.2) is 42.6 Å². The van der Waals surface area contributed by atoms with Gasteiger partial charge >= 0.3 is 0 Å². The molecule has 4 heteroatoms. The standard InChI is InChI=1S/C19H25N3O/c1-14(2)22-11-10-17(20-22)18(23)21-12-16(19(3,4)13-21)15-8-6-5-7-9-15/h5-11,14,16H,12-13H2,1-4H3/t16-/m1/s1. The molecule has 0 spiro atoms. The molecule has 23 heavy (non-hydrogen) atoms. The summed E-state index contributed by atoms with van der Waals surface area (Å²) in [6.45, 7) is 10.1. The molecule has 122 valence electrons. The topological polar surface area (TPSA) is 38.1 Å². The van der Waals surface area contributed by atoms with Crippen LogP contribution in [0.2, 0.25) is 0 Å². The van der Waals surface area contributed by atoms with Gasteiger partial charge < -0.3 is 4.90 Å². The fraction of sp³-hybridized carbons (Fsp3) is 0.474. The maximum Gasteiger partial charge on any atom is 0.274 e. The van der Waals surface area contributed by atoms with E-state index in [4.69, 9.17) is 0 Å². The van der Waals surface area contributed by atoms with Crippen LogP contribution in [0, 0.1) is 5.41 Å². The van der Waals surface area contributed by atoms with Crippen LogP contribution < -0.4 is 0 Å². The summed E-state index contributed by atoms with van der Waals surface area (Å²) in [7, 11) is 0. The molecule has 1 aliphatic rings. The second-order valence-electron chi connectivity index (χ2n) is 7.41. The Hall–Kier alpha value is -2.10. The van der Waals surface area contributed by atoms with Gasteiger partial charge in [-0.2, -0.15) is 5.10 Å². The Bertz CT molecular complexity index is 688. The zero-order valence-corrected chi connectivity index (χ0v) is 14.4. The van der Waals surface area contributed by atoms with Gasteiger partial charge in [0.05, 0.1) is 0 Å². The minimum atomic E-state index is 0.0379. The van der Waals surface area contributed by atoms with E-state index in [1.807, 2.05) is 27.9 Å². The molecule has 1 saturated heterocycles. The lowest BCUT2D eigenvalue weighted by Gasteiger charge is -2.25. The molecule has 0 radical (unpaired) electrons. The molecule has 1 aliphatic heterocycles. The summed E-state index contributed by atoms with van der Waals surface area (Å²) in [4.78, 5) is 14.7. The molecular weight excluding hydrogens is 286 g/mol. The first-order valence-electron chi connectivity index (χ1n) is 8.28. The smallest absolute Gasteiger partial charge is 0.274 e. The monoisotopic (exact) mass is 311 g/mol. The van der Waals surface area contributed by atoms with E-state index in [1.165, 1.54) is 5.56 Å². The summed E-state index contributed by atoms with van der Waals surface area (Å²) in [5.74, 6) is 0.399. The van der Waals surface area contributed by atoms with Crippen LogP contribution in [0.5, 0.6) is 0 Å². The molecule has 2 heterocycles. The number of likely N-dealkylation sites (tertiary alicyclic amines) is 1. The second-order valence-corrected chi connectivity index (χ2v) is 7.41. The van der Waals surface area contributed by atoms with Crippen molar-refractivity contribution in [2.24, 2.45) is 5.41 Å². The normalized spacial score (nSPS) is 20.2. The number of carbonyl (C=O) groups excluding carboxylic acids is 1. The number of carbonyl (C=O) groups is 1. The highest BCUT2D eigenvalue weighted by atomic mass is 16.2. The van der Waals surface area contributed by atoms with E-state index >= 15 is 0 Å². The molecule has 0 saturated carbocycles. The highest BCUT2D eigenvalue weighted by Gasteiger charge is 2.42. The summed E-state index contributed by atoms with van der Waals surface area (Å²) in [6, 6.07) is 12.6. The van der Waals surface area contributed by atoms with E-state index in [0.29, 0.717) is 11.6 Å². The van der Waals surface area contributed by atoms with Crippen molar-refractivity contribution in [2.45, 2.75) is 39.7 Å². The van der Waals surface area contributed by atoms with Gasteiger partial charge in [0.25, 0.3) is 5.91 Å². The first-order chi connectivity index (χ1) is 10.9. The van der Waals surface area contributed by atoms with Crippen molar-refractivity contribution in [3.05, 3.63) is 53.9 Å². The summed E-state index contributed by atoms with van der Waals surface area (Å²) in [6.07, 6.45) is 1.88. The van der Waals surface area contributed by atoms with Gasteiger partial charge in [-0.15, -0.1) is 0 Å². The van der Waals surface area contributed by atoms with Crippen LogP contribution in [0.3, 0.4) is 0 Å². The maximum atomic E-state index is 12.8. The van der Waals surface area contributed by atoms with Crippen molar-refractivity contribution in [1.29, 1.82) is 0 Å². The van der Waals surface area contributed by atoms with Gasteiger partial charge in [0.2, 0.25) is 0 Å². The van der Waals surface area contributed by atoms with E-state index in [1.54, 1.807) is 0 Å². The number of nitrogens with zero attached hydrogens (tertiary/aromatic N) is 3. The van der Waals surface area contributed by atoms with Gasteiger partial charge in [-0.3, -0.25) is 9.48 Å². The van der Waals surface area contributed by atoms with Crippen molar-refractivity contribution in [3.63, 3.8) is 0 Å². The summed E-state index contributed by atoms with van der Waals surface area (Å²) < 4.78 is 1.84. The molecule has 0 bridgehead atoms. The zero-order valence-electron chi connectivity index (χ0n) is 14.4. The Morgan fingerprint density at radius 2 is 1.91 bits per heavy atom. The van der Waals surface area contributed by atoms with Crippen molar-refractivity contribution in [2.75, 3.05) is 13.1 Å². The lowest BCUT2D eigenvalue weighted by molar-refractivity contribution is 0.0771. The summed E-state index contributed by atoms with van der Waals surface area (Å²) in [5, 5.41) is 4.43. The highest BCUT2D eigenvalue weighted by Crippen LogP contribution is 2.42. The Balaban J connectivity index is 1.80. The van der Waals surface area contributed by atoms with Crippen LogP contribution in [0.1, 0.15) is 55.7 Å². The van der Waals surface area contributed by atoms with Crippen LogP contribution in [-0.2, 0) is 0 Å². The van der Waals surface area contributed by atoms with Crippen molar-refractivity contribution in [3.8, 4) is 0 Å². The molecule has 0 N–H and O–H groups in total. The number of rotatable bonds is 3. The molecule has 1 fully saturated rings. The van der Waals surface area contributed by atoms with Gasteiger partial charge in [0.15, 0.2) is 0 Å². The fourth-order valence-electron chi connectivity index (χ4n) is 3.43. The molecule has 1 aromatic carbocycles. The Morgan fingerprint density at radius 3 is 2.52 bits per heavy atom. The first kappa shape index (κ1) is 15.8. The minimum Gasteiger partial charge on any atom is -0.336 e. The SMILES string of the molecule is CC(C)n1ccc(C(=O)N2C[C@H](c3ccccc3)C(C)(C)C2)n1. The average molecular weight is 311 g/mol. The molecular formula is C19H25N3O. The van der Waals surface area contributed by atoms with E-state index in [-0.39, 0.29) is 17.4 Å². The third-order valence-electron chi connectivity index (χ3n) is 4.79. The van der Waals surface area contributed by atoms with E-state index in [0.717, 1.165) is 13.1 Å². The van der Waals surface area contributed by atoms with Gasteiger partial charge in [0, 0.05) is 31.2 Å². The largest absolute Gasteiger partial charge is 0.336 e. The molecule has 1 amide bonds. The summed E-state index contributed by atoms with van der Waals surface area (Å²) >= 11 is 0. The van der Waals surface area contributed by atoms with Crippen LogP contribution in [0.4, 0.5) is 0 Å².